The number of rotatable bonds is 6. The zero-order valence-corrected chi connectivity index (χ0v) is 14.8. The lowest BCUT2D eigenvalue weighted by Gasteiger charge is -2.26. The molecular formula is C18H26N3O4+. The Bertz CT molecular complexity index is 643. The van der Waals surface area contributed by atoms with E-state index in [9.17, 15) is 9.59 Å². The third-order valence-corrected chi connectivity index (χ3v) is 4.66. The Labute approximate surface area is 147 Å². The molecule has 1 fully saturated rings. The number of carbonyl (C=O) groups excluding carboxylic acids is 2. The van der Waals surface area contributed by atoms with Gasteiger partial charge in [-0.1, -0.05) is 0 Å². The Kier molecular flexibility index (Phi) is 5.55. The van der Waals surface area contributed by atoms with Crippen LogP contribution in [0.3, 0.4) is 0 Å². The third kappa shape index (κ3) is 3.93. The standard InChI is InChI=1S/C18H25N3O4/c1-3-25-14-4-5-16-15(12-14)17(19-13(2)22)18(23)21(16)7-6-20-8-10-24-11-9-20/h4-5,12,17H,3,6-11H2,1-2H3,(H,19,22)/p+1/t17-/m0/s1. The van der Waals surface area contributed by atoms with Crippen molar-refractivity contribution >= 4 is 17.5 Å². The zero-order valence-electron chi connectivity index (χ0n) is 14.8. The molecule has 2 aliphatic heterocycles. The predicted molar refractivity (Wildman–Crippen MR) is 92.9 cm³/mol. The molecule has 3 rings (SSSR count). The molecule has 2 aliphatic rings. The fourth-order valence-electron chi connectivity index (χ4n) is 3.43. The molecule has 1 aromatic rings. The number of nitrogens with zero attached hydrogens (tertiary/aromatic N) is 1. The predicted octanol–water partition coefficient (Wildman–Crippen LogP) is -0.476. The monoisotopic (exact) mass is 348 g/mol. The lowest BCUT2D eigenvalue weighted by molar-refractivity contribution is -0.906. The highest BCUT2D eigenvalue weighted by molar-refractivity contribution is 6.06. The summed E-state index contributed by atoms with van der Waals surface area (Å²) < 4.78 is 10.9. The van der Waals surface area contributed by atoms with Crippen LogP contribution in [0.1, 0.15) is 25.5 Å². The minimum absolute atomic E-state index is 0.0773. The van der Waals surface area contributed by atoms with Crippen molar-refractivity contribution in [1.82, 2.24) is 5.32 Å². The highest BCUT2D eigenvalue weighted by Crippen LogP contribution is 2.38. The molecule has 7 nitrogen and oxygen atoms in total. The van der Waals surface area contributed by atoms with Gasteiger partial charge in [0.1, 0.15) is 24.9 Å². The highest BCUT2D eigenvalue weighted by atomic mass is 16.5. The molecular weight excluding hydrogens is 322 g/mol. The second-order valence-corrected chi connectivity index (χ2v) is 6.39. The summed E-state index contributed by atoms with van der Waals surface area (Å²) in [6.07, 6.45) is 0. The van der Waals surface area contributed by atoms with E-state index in [2.05, 4.69) is 5.32 Å². The molecule has 2 N–H and O–H groups in total. The molecule has 0 radical (unpaired) electrons. The first-order valence-electron chi connectivity index (χ1n) is 8.86. The number of hydrogen-bond acceptors (Lipinski definition) is 4. The van der Waals surface area contributed by atoms with Gasteiger partial charge in [-0.2, -0.15) is 0 Å². The Balaban J connectivity index is 1.79. The zero-order chi connectivity index (χ0) is 17.8. The Hall–Kier alpha value is -2.12. The van der Waals surface area contributed by atoms with Crippen LogP contribution in [0.2, 0.25) is 0 Å². The van der Waals surface area contributed by atoms with Crippen LogP contribution in [0.4, 0.5) is 5.69 Å². The van der Waals surface area contributed by atoms with Gasteiger partial charge in [0.2, 0.25) is 5.91 Å². The fraction of sp³-hybridized carbons (Fsp3) is 0.556. The van der Waals surface area contributed by atoms with Crippen LogP contribution in [0.5, 0.6) is 5.75 Å². The van der Waals surface area contributed by atoms with Crippen molar-refractivity contribution in [2.75, 3.05) is 50.9 Å². The number of hydrogen-bond donors (Lipinski definition) is 2. The number of anilines is 1. The summed E-state index contributed by atoms with van der Waals surface area (Å²) in [5.41, 5.74) is 1.67. The van der Waals surface area contributed by atoms with Crippen molar-refractivity contribution in [3.8, 4) is 5.75 Å². The molecule has 2 amide bonds. The van der Waals surface area contributed by atoms with Crippen molar-refractivity contribution in [3.63, 3.8) is 0 Å². The first kappa shape index (κ1) is 17.7. The average Bonchev–Trinajstić information content (AvgIpc) is 2.85. The van der Waals surface area contributed by atoms with Gasteiger partial charge in [0, 0.05) is 12.5 Å². The molecule has 0 spiro atoms. The largest absolute Gasteiger partial charge is 0.494 e. The van der Waals surface area contributed by atoms with E-state index >= 15 is 0 Å². The lowest BCUT2D eigenvalue weighted by atomic mass is 10.1. The van der Waals surface area contributed by atoms with E-state index in [1.165, 1.54) is 11.8 Å². The molecule has 0 aliphatic carbocycles. The van der Waals surface area contributed by atoms with Crippen molar-refractivity contribution in [3.05, 3.63) is 23.8 Å². The minimum Gasteiger partial charge on any atom is -0.494 e. The summed E-state index contributed by atoms with van der Waals surface area (Å²) in [5.74, 6) is 0.420. The number of fused-ring (bicyclic) bond motifs is 1. The van der Waals surface area contributed by atoms with E-state index in [1.807, 2.05) is 25.1 Å². The quantitative estimate of drug-likeness (QED) is 0.729. The number of ether oxygens (including phenoxy) is 2. The molecule has 0 aromatic heterocycles. The Morgan fingerprint density at radius 3 is 2.84 bits per heavy atom. The van der Waals surface area contributed by atoms with Gasteiger partial charge in [0.25, 0.3) is 5.91 Å². The van der Waals surface area contributed by atoms with Crippen molar-refractivity contribution in [1.29, 1.82) is 0 Å². The maximum atomic E-state index is 12.9. The van der Waals surface area contributed by atoms with Crippen LogP contribution in [0.15, 0.2) is 18.2 Å². The molecule has 1 atom stereocenters. The van der Waals surface area contributed by atoms with Crippen LogP contribution in [0.25, 0.3) is 0 Å². The molecule has 2 heterocycles. The minimum atomic E-state index is -0.632. The van der Waals surface area contributed by atoms with Gasteiger partial charge in [0.15, 0.2) is 0 Å². The third-order valence-electron chi connectivity index (χ3n) is 4.66. The number of morpholine rings is 1. The number of nitrogens with one attached hydrogen (secondary N) is 2. The Morgan fingerprint density at radius 2 is 2.16 bits per heavy atom. The summed E-state index contributed by atoms with van der Waals surface area (Å²) in [4.78, 5) is 27.6. The number of benzene rings is 1. The van der Waals surface area contributed by atoms with E-state index in [0.717, 1.165) is 44.1 Å². The molecule has 0 saturated carbocycles. The summed E-state index contributed by atoms with van der Waals surface area (Å²) >= 11 is 0. The molecule has 136 valence electrons. The molecule has 25 heavy (non-hydrogen) atoms. The summed E-state index contributed by atoms with van der Waals surface area (Å²) in [7, 11) is 0. The Morgan fingerprint density at radius 1 is 1.40 bits per heavy atom. The fourth-order valence-corrected chi connectivity index (χ4v) is 3.43. The van der Waals surface area contributed by atoms with Crippen molar-refractivity contribution in [2.24, 2.45) is 0 Å². The van der Waals surface area contributed by atoms with Gasteiger partial charge in [-0.25, -0.2) is 0 Å². The van der Waals surface area contributed by atoms with E-state index in [0.29, 0.717) is 18.9 Å². The number of amides is 2. The van der Waals surface area contributed by atoms with Gasteiger partial charge < -0.3 is 24.6 Å². The maximum Gasteiger partial charge on any atom is 0.254 e. The van der Waals surface area contributed by atoms with Crippen LogP contribution in [-0.4, -0.2) is 57.8 Å². The van der Waals surface area contributed by atoms with E-state index in [4.69, 9.17) is 9.47 Å². The number of carbonyl (C=O) groups is 2. The normalized spacial score (nSPS) is 20.5. The lowest BCUT2D eigenvalue weighted by Crippen LogP contribution is -3.14. The number of quaternary nitrogens is 1. The van der Waals surface area contributed by atoms with Gasteiger partial charge in [0.05, 0.1) is 38.6 Å². The first-order chi connectivity index (χ1) is 12.1. The smallest absolute Gasteiger partial charge is 0.254 e. The van der Waals surface area contributed by atoms with Crippen LogP contribution in [-0.2, 0) is 14.3 Å². The van der Waals surface area contributed by atoms with E-state index in [-0.39, 0.29) is 11.8 Å². The molecule has 0 unspecified atom stereocenters. The summed E-state index contributed by atoms with van der Waals surface area (Å²) in [6.45, 7) is 8.88. The maximum absolute atomic E-state index is 12.9. The van der Waals surface area contributed by atoms with E-state index < -0.39 is 6.04 Å². The van der Waals surface area contributed by atoms with Gasteiger partial charge in [-0.15, -0.1) is 0 Å². The van der Waals surface area contributed by atoms with E-state index in [1.54, 1.807) is 4.90 Å². The SMILES string of the molecule is CCOc1ccc2c(c1)[C@H](NC(C)=O)C(=O)N2CC[NH+]1CCOCC1. The molecule has 1 aromatic carbocycles. The molecule has 0 bridgehead atoms. The topological polar surface area (TPSA) is 72.3 Å². The van der Waals surface area contributed by atoms with Gasteiger partial charge in [-0.3, -0.25) is 9.59 Å². The first-order valence-corrected chi connectivity index (χ1v) is 8.86. The van der Waals surface area contributed by atoms with Crippen molar-refractivity contribution < 1.29 is 24.0 Å². The van der Waals surface area contributed by atoms with Gasteiger partial charge >= 0.3 is 0 Å². The average molecular weight is 348 g/mol. The highest BCUT2D eigenvalue weighted by Gasteiger charge is 2.38. The van der Waals surface area contributed by atoms with Crippen LogP contribution < -0.4 is 19.9 Å². The second kappa shape index (κ2) is 7.84. The molecule has 1 saturated heterocycles. The van der Waals surface area contributed by atoms with Crippen molar-refractivity contribution in [2.45, 2.75) is 19.9 Å². The van der Waals surface area contributed by atoms with Crippen LogP contribution in [0, 0.1) is 0 Å². The molecule has 7 heteroatoms. The summed E-state index contributed by atoms with van der Waals surface area (Å²) in [6, 6.07) is 5.01. The van der Waals surface area contributed by atoms with Gasteiger partial charge in [-0.05, 0) is 25.1 Å². The summed E-state index contributed by atoms with van der Waals surface area (Å²) in [5, 5.41) is 2.77. The van der Waals surface area contributed by atoms with Crippen LogP contribution >= 0.6 is 0 Å². The second-order valence-electron chi connectivity index (χ2n) is 6.39.